The molecule has 0 radical (unpaired) electrons. The largest absolute Gasteiger partial charge is 0.497 e. The fourth-order valence-electron chi connectivity index (χ4n) is 2.16. The first kappa shape index (κ1) is 14.0. The van der Waals surface area contributed by atoms with E-state index in [1.165, 1.54) is 11.1 Å². The van der Waals surface area contributed by atoms with Crippen LogP contribution in [0.15, 0.2) is 36.4 Å². The van der Waals surface area contributed by atoms with E-state index in [0.29, 0.717) is 23.7 Å². The SMILES string of the molecule is COc1cc(C#N)cc(OCc2cc(C)cc(C)c2)c1. The zero-order chi connectivity index (χ0) is 14.5. The Labute approximate surface area is 119 Å². The van der Waals surface area contributed by atoms with E-state index in [1.807, 2.05) is 0 Å². The second kappa shape index (κ2) is 6.12. The van der Waals surface area contributed by atoms with Gasteiger partial charge in [-0.05, 0) is 31.5 Å². The quantitative estimate of drug-likeness (QED) is 0.847. The van der Waals surface area contributed by atoms with Crippen molar-refractivity contribution in [3.63, 3.8) is 0 Å². The van der Waals surface area contributed by atoms with Gasteiger partial charge in [-0.2, -0.15) is 5.26 Å². The molecule has 0 aliphatic carbocycles. The lowest BCUT2D eigenvalue weighted by Gasteiger charge is -2.10. The van der Waals surface area contributed by atoms with Gasteiger partial charge < -0.3 is 9.47 Å². The van der Waals surface area contributed by atoms with E-state index in [2.05, 4.69) is 38.1 Å². The molecule has 0 atom stereocenters. The van der Waals surface area contributed by atoms with Gasteiger partial charge in [-0.1, -0.05) is 29.3 Å². The number of nitriles is 1. The smallest absolute Gasteiger partial charge is 0.124 e. The summed E-state index contributed by atoms with van der Waals surface area (Å²) in [7, 11) is 1.57. The van der Waals surface area contributed by atoms with Crippen LogP contribution in [0.5, 0.6) is 11.5 Å². The summed E-state index contributed by atoms with van der Waals surface area (Å²) < 4.78 is 10.9. The molecule has 2 aromatic carbocycles. The molecule has 3 heteroatoms. The van der Waals surface area contributed by atoms with Gasteiger partial charge in [0.25, 0.3) is 0 Å². The molecule has 0 saturated heterocycles. The second-order valence-electron chi connectivity index (χ2n) is 4.79. The fourth-order valence-corrected chi connectivity index (χ4v) is 2.16. The highest BCUT2D eigenvalue weighted by Crippen LogP contribution is 2.23. The normalized spacial score (nSPS) is 9.90. The van der Waals surface area contributed by atoms with Crippen molar-refractivity contribution in [1.82, 2.24) is 0 Å². The summed E-state index contributed by atoms with van der Waals surface area (Å²) in [4.78, 5) is 0. The van der Waals surface area contributed by atoms with Crippen LogP contribution in [0.3, 0.4) is 0 Å². The van der Waals surface area contributed by atoms with Crippen LogP contribution < -0.4 is 9.47 Å². The number of hydrogen-bond acceptors (Lipinski definition) is 3. The Bertz CT molecular complexity index is 636. The predicted octanol–water partition coefficient (Wildman–Crippen LogP) is 3.76. The van der Waals surface area contributed by atoms with Crippen molar-refractivity contribution in [2.75, 3.05) is 7.11 Å². The van der Waals surface area contributed by atoms with Crippen molar-refractivity contribution >= 4 is 0 Å². The first-order chi connectivity index (χ1) is 9.60. The summed E-state index contributed by atoms with van der Waals surface area (Å²) >= 11 is 0. The van der Waals surface area contributed by atoms with E-state index in [4.69, 9.17) is 14.7 Å². The highest BCUT2D eigenvalue weighted by Gasteiger charge is 2.03. The van der Waals surface area contributed by atoms with Crippen LogP contribution in [-0.4, -0.2) is 7.11 Å². The Balaban J connectivity index is 2.16. The third-order valence-corrected chi connectivity index (χ3v) is 2.93. The number of rotatable bonds is 4. The number of hydrogen-bond donors (Lipinski definition) is 0. The van der Waals surface area contributed by atoms with Crippen molar-refractivity contribution < 1.29 is 9.47 Å². The molecular weight excluding hydrogens is 250 g/mol. The minimum absolute atomic E-state index is 0.473. The Hall–Kier alpha value is -2.47. The van der Waals surface area contributed by atoms with Crippen molar-refractivity contribution in [1.29, 1.82) is 5.26 Å². The van der Waals surface area contributed by atoms with Crippen LogP contribution in [0.4, 0.5) is 0 Å². The minimum Gasteiger partial charge on any atom is -0.497 e. The van der Waals surface area contributed by atoms with Gasteiger partial charge in [-0.15, -0.1) is 0 Å². The molecule has 0 aromatic heterocycles. The van der Waals surface area contributed by atoms with Crippen LogP contribution >= 0.6 is 0 Å². The van der Waals surface area contributed by atoms with Crippen molar-refractivity contribution in [2.45, 2.75) is 20.5 Å². The molecule has 0 heterocycles. The van der Waals surface area contributed by atoms with Crippen LogP contribution in [0, 0.1) is 25.2 Å². The van der Waals surface area contributed by atoms with Crippen molar-refractivity contribution in [3.8, 4) is 17.6 Å². The monoisotopic (exact) mass is 267 g/mol. The summed E-state index contributed by atoms with van der Waals surface area (Å²) in [6, 6.07) is 13.6. The Kier molecular flexibility index (Phi) is 4.27. The number of benzene rings is 2. The zero-order valence-corrected chi connectivity index (χ0v) is 11.9. The van der Waals surface area contributed by atoms with Gasteiger partial charge in [0.15, 0.2) is 0 Å². The third kappa shape index (κ3) is 3.52. The molecule has 0 spiro atoms. The highest BCUT2D eigenvalue weighted by atomic mass is 16.5. The summed E-state index contributed by atoms with van der Waals surface area (Å²) in [5, 5.41) is 8.98. The molecule has 102 valence electrons. The number of methoxy groups -OCH3 is 1. The van der Waals surface area contributed by atoms with Gasteiger partial charge in [0, 0.05) is 6.07 Å². The molecule has 3 nitrogen and oxygen atoms in total. The van der Waals surface area contributed by atoms with Gasteiger partial charge in [0.2, 0.25) is 0 Å². The summed E-state index contributed by atoms with van der Waals surface area (Å²) in [6.07, 6.45) is 0. The van der Waals surface area contributed by atoms with Crippen LogP contribution in [-0.2, 0) is 6.61 Å². The van der Waals surface area contributed by atoms with Gasteiger partial charge >= 0.3 is 0 Å². The highest BCUT2D eigenvalue weighted by molar-refractivity contribution is 5.44. The van der Waals surface area contributed by atoms with E-state index in [9.17, 15) is 0 Å². The van der Waals surface area contributed by atoms with Crippen molar-refractivity contribution in [2.24, 2.45) is 0 Å². The van der Waals surface area contributed by atoms with Gasteiger partial charge in [-0.25, -0.2) is 0 Å². The molecule has 0 N–H and O–H groups in total. The van der Waals surface area contributed by atoms with Crippen LogP contribution in [0.25, 0.3) is 0 Å². The molecule has 0 saturated carbocycles. The standard InChI is InChI=1S/C17H17NO2/c1-12-4-13(2)6-15(5-12)11-20-17-8-14(10-18)7-16(9-17)19-3/h4-9H,11H2,1-3H3. The molecule has 20 heavy (non-hydrogen) atoms. The van der Waals surface area contributed by atoms with E-state index in [0.717, 1.165) is 5.56 Å². The molecular formula is C17H17NO2. The van der Waals surface area contributed by atoms with Crippen molar-refractivity contribution in [3.05, 3.63) is 58.7 Å². The fraction of sp³-hybridized carbons (Fsp3) is 0.235. The van der Waals surface area contributed by atoms with E-state index in [1.54, 1.807) is 25.3 Å². The maximum Gasteiger partial charge on any atom is 0.124 e. The molecule has 0 fully saturated rings. The summed E-state index contributed by atoms with van der Waals surface area (Å²) in [5.74, 6) is 1.26. The molecule has 2 aromatic rings. The molecule has 0 bridgehead atoms. The molecule has 2 rings (SSSR count). The van der Waals surface area contributed by atoms with E-state index >= 15 is 0 Å². The third-order valence-electron chi connectivity index (χ3n) is 2.93. The average Bonchev–Trinajstić information content (AvgIpc) is 2.43. The lowest BCUT2D eigenvalue weighted by molar-refractivity contribution is 0.303. The predicted molar refractivity (Wildman–Crippen MR) is 78.0 cm³/mol. The molecule has 0 amide bonds. The van der Waals surface area contributed by atoms with Gasteiger partial charge in [0.1, 0.15) is 18.1 Å². The maximum absolute atomic E-state index is 8.98. The number of aryl methyl sites for hydroxylation is 2. The average molecular weight is 267 g/mol. The lowest BCUT2D eigenvalue weighted by Crippen LogP contribution is -1.97. The number of ether oxygens (including phenoxy) is 2. The zero-order valence-electron chi connectivity index (χ0n) is 11.9. The van der Waals surface area contributed by atoms with E-state index < -0.39 is 0 Å². The Morgan fingerprint density at radius 3 is 2.20 bits per heavy atom. The van der Waals surface area contributed by atoms with E-state index in [-0.39, 0.29) is 0 Å². The molecule has 0 aliphatic heterocycles. The minimum atomic E-state index is 0.473. The Morgan fingerprint density at radius 1 is 0.950 bits per heavy atom. The van der Waals surface area contributed by atoms with Gasteiger partial charge in [0.05, 0.1) is 18.7 Å². The van der Waals surface area contributed by atoms with Crippen LogP contribution in [0.1, 0.15) is 22.3 Å². The second-order valence-corrected chi connectivity index (χ2v) is 4.79. The summed E-state index contributed by atoms with van der Waals surface area (Å²) in [6.45, 7) is 4.60. The molecule has 0 unspecified atom stereocenters. The maximum atomic E-state index is 8.98. The summed E-state index contributed by atoms with van der Waals surface area (Å²) in [5.41, 5.74) is 4.07. The first-order valence-electron chi connectivity index (χ1n) is 6.40. The van der Waals surface area contributed by atoms with Gasteiger partial charge in [-0.3, -0.25) is 0 Å². The molecule has 0 aliphatic rings. The number of nitrogens with zero attached hydrogens (tertiary/aromatic N) is 1. The first-order valence-corrected chi connectivity index (χ1v) is 6.40. The Morgan fingerprint density at radius 2 is 1.60 bits per heavy atom. The van der Waals surface area contributed by atoms with Crippen LogP contribution in [0.2, 0.25) is 0 Å². The topological polar surface area (TPSA) is 42.2 Å². The lowest BCUT2D eigenvalue weighted by atomic mass is 10.1.